The van der Waals surface area contributed by atoms with Gasteiger partial charge in [-0.1, -0.05) is 96.9 Å². The van der Waals surface area contributed by atoms with E-state index in [1.54, 1.807) is 67.6 Å². The molecule has 10 heteroatoms. The number of ether oxygens (including phenoxy) is 1. The zero-order valence-corrected chi connectivity index (χ0v) is 27.9. The Labute approximate surface area is 277 Å². The largest absolute Gasteiger partial charge is 0.492 e. The lowest BCUT2D eigenvalue weighted by Gasteiger charge is -2.34. The normalized spacial score (nSPS) is 11.8. The number of nitrogens with zero attached hydrogens (tertiary/aromatic N) is 2. The predicted molar refractivity (Wildman–Crippen MR) is 183 cm³/mol. The van der Waals surface area contributed by atoms with Gasteiger partial charge >= 0.3 is 0 Å². The van der Waals surface area contributed by atoms with Gasteiger partial charge in [0.25, 0.3) is 10.0 Å². The highest BCUT2D eigenvalue weighted by atomic mass is 35.5. The van der Waals surface area contributed by atoms with E-state index >= 15 is 0 Å². The summed E-state index contributed by atoms with van der Waals surface area (Å²) in [5, 5.41) is 3.37. The van der Waals surface area contributed by atoms with Crippen molar-refractivity contribution in [3.63, 3.8) is 0 Å². The molecule has 4 aromatic rings. The summed E-state index contributed by atoms with van der Waals surface area (Å²) in [6.45, 7) is 5.73. The van der Waals surface area contributed by atoms with Crippen LogP contribution in [0.3, 0.4) is 0 Å². The van der Waals surface area contributed by atoms with Crippen molar-refractivity contribution in [3.8, 4) is 5.75 Å². The van der Waals surface area contributed by atoms with Gasteiger partial charge in [0.2, 0.25) is 11.8 Å². The summed E-state index contributed by atoms with van der Waals surface area (Å²) in [5.41, 5.74) is 2.58. The number of amides is 2. The van der Waals surface area contributed by atoms with E-state index in [4.69, 9.17) is 16.3 Å². The van der Waals surface area contributed by atoms with Gasteiger partial charge < -0.3 is 15.0 Å². The zero-order valence-electron chi connectivity index (χ0n) is 26.4. The maximum absolute atomic E-state index is 14.6. The van der Waals surface area contributed by atoms with Gasteiger partial charge in [0.1, 0.15) is 18.3 Å². The van der Waals surface area contributed by atoms with E-state index < -0.39 is 28.5 Å². The van der Waals surface area contributed by atoms with Gasteiger partial charge in [0.15, 0.2) is 0 Å². The third-order valence-electron chi connectivity index (χ3n) is 7.44. The summed E-state index contributed by atoms with van der Waals surface area (Å²) in [6.07, 6.45) is 0.922. The summed E-state index contributed by atoms with van der Waals surface area (Å²) < 4.78 is 35.5. The van der Waals surface area contributed by atoms with Gasteiger partial charge in [0, 0.05) is 24.5 Å². The molecule has 8 nitrogen and oxygen atoms in total. The lowest BCUT2D eigenvalue weighted by atomic mass is 10.0. The van der Waals surface area contributed by atoms with Crippen molar-refractivity contribution in [2.24, 2.45) is 0 Å². The number of halogens is 1. The SMILES string of the molecule is CCCNC(=O)[C@@H](Cc1ccccc1)N(Cc1ccccc1Cl)C(=O)CN(c1ccccc1OCC)S(=O)(=O)c1ccc(C)cc1. The molecule has 0 fully saturated rings. The molecule has 2 amide bonds. The summed E-state index contributed by atoms with van der Waals surface area (Å²) >= 11 is 6.56. The third-order valence-corrected chi connectivity index (χ3v) is 9.58. The van der Waals surface area contributed by atoms with Crippen molar-refractivity contribution in [1.82, 2.24) is 10.2 Å². The number of hydrogen-bond donors (Lipinski definition) is 1. The first-order valence-corrected chi connectivity index (χ1v) is 17.1. The van der Waals surface area contributed by atoms with Gasteiger partial charge in [-0.2, -0.15) is 0 Å². The summed E-state index contributed by atoms with van der Waals surface area (Å²) in [7, 11) is -4.26. The van der Waals surface area contributed by atoms with Crippen LogP contribution in [0.1, 0.15) is 37.0 Å². The molecule has 1 N–H and O–H groups in total. The Bertz CT molecular complexity index is 1720. The van der Waals surface area contributed by atoms with Crippen LogP contribution in [0, 0.1) is 6.92 Å². The van der Waals surface area contributed by atoms with Gasteiger partial charge in [-0.3, -0.25) is 13.9 Å². The van der Waals surface area contributed by atoms with E-state index in [9.17, 15) is 18.0 Å². The van der Waals surface area contributed by atoms with E-state index in [1.165, 1.54) is 17.0 Å². The topological polar surface area (TPSA) is 96.0 Å². The molecular formula is C36H40ClN3O5S. The van der Waals surface area contributed by atoms with Gasteiger partial charge in [-0.25, -0.2) is 8.42 Å². The molecule has 242 valence electrons. The minimum Gasteiger partial charge on any atom is -0.492 e. The number of nitrogens with one attached hydrogen (secondary N) is 1. The summed E-state index contributed by atoms with van der Waals surface area (Å²) in [5.74, 6) is -0.601. The second kappa shape index (κ2) is 16.3. The maximum atomic E-state index is 14.6. The molecule has 0 saturated carbocycles. The smallest absolute Gasteiger partial charge is 0.264 e. The Kier molecular flexibility index (Phi) is 12.2. The number of sulfonamides is 1. The molecule has 0 aliphatic rings. The van der Waals surface area contributed by atoms with E-state index in [0.29, 0.717) is 35.9 Å². The Hall–Kier alpha value is -4.34. The lowest BCUT2D eigenvalue weighted by molar-refractivity contribution is -0.140. The van der Waals surface area contributed by atoms with E-state index in [2.05, 4.69) is 5.32 Å². The van der Waals surface area contributed by atoms with Gasteiger partial charge in [-0.15, -0.1) is 0 Å². The van der Waals surface area contributed by atoms with Crippen LogP contribution < -0.4 is 14.4 Å². The fourth-order valence-electron chi connectivity index (χ4n) is 5.02. The van der Waals surface area contributed by atoms with Crippen LogP contribution in [0.5, 0.6) is 5.75 Å². The number of benzene rings is 4. The van der Waals surface area contributed by atoms with Gasteiger partial charge in [-0.05, 0) is 61.7 Å². The quantitative estimate of drug-likeness (QED) is 0.159. The molecule has 0 saturated heterocycles. The molecule has 46 heavy (non-hydrogen) atoms. The molecule has 0 unspecified atom stereocenters. The Balaban J connectivity index is 1.84. The second-order valence-corrected chi connectivity index (χ2v) is 13.1. The van der Waals surface area contributed by atoms with Crippen LogP contribution in [-0.4, -0.2) is 50.9 Å². The molecule has 0 aromatic heterocycles. The van der Waals surface area contributed by atoms with Crippen molar-refractivity contribution >= 4 is 39.1 Å². The highest BCUT2D eigenvalue weighted by Crippen LogP contribution is 2.33. The van der Waals surface area contributed by atoms with Crippen LogP contribution >= 0.6 is 11.6 Å². The van der Waals surface area contributed by atoms with Crippen LogP contribution in [0.15, 0.2) is 108 Å². The van der Waals surface area contributed by atoms with Crippen LogP contribution in [0.4, 0.5) is 5.69 Å². The number of carbonyl (C=O) groups is 2. The van der Waals surface area contributed by atoms with Crippen LogP contribution in [-0.2, 0) is 32.6 Å². The fraction of sp³-hybridized carbons (Fsp3) is 0.278. The number of rotatable bonds is 15. The highest BCUT2D eigenvalue weighted by Gasteiger charge is 2.35. The molecule has 0 heterocycles. The molecule has 0 radical (unpaired) electrons. The second-order valence-electron chi connectivity index (χ2n) is 10.8. The Morgan fingerprint density at radius 2 is 1.52 bits per heavy atom. The molecule has 4 aromatic carbocycles. The molecule has 4 rings (SSSR count). The van der Waals surface area contributed by atoms with Crippen molar-refractivity contribution in [3.05, 3.63) is 125 Å². The molecule has 0 aliphatic heterocycles. The number of para-hydroxylation sites is 2. The molecule has 0 bridgehead atoms. The third kappa shape index (κ3) is 8.68. The van der Waals surface area contributed by atoms with E-state index in [-0.39, 0.29) is 29.5 Å². The van der Waals surface area contributed by atoms with Crippen molar-refractivity contribution < 1.29 is 22.7 Å². The molecule has 0 spiro atoms. The predicted octanol–water partition coefficient (Wildman–Crippen LogP) is 6.41. The maximum Gasteiger partial charge on any atom is 0.264 e. The van der Waals surface area contributed by atoms with Crippen molar-refractivity contribution in [2.75, 3.05) is 24.0 Å². The first-order chi connectivity index (χ1) is 22.1. The van der Waals surface area contributed by atoms with Gasteiger partial charge in [0.05, 0.1) is 17.2 Å². The molecule has 1 atom stereocenters. The minimum atomic E-state index is -4.26. The average Bonchev–Trinajstić information content (AvgIpc) is 3.06. The average molecular weight is 662 g/mol. The number of anilines is 1. The number of hydrogen-bond acceptors (Lipinski definition) is 5. The number of aryl methyl sites for hydroxylation is 1. The first-order valence-electron chi connectivity index (χ1n) is 15.3. The zero-order chi connectivity index (χ0) is 33.1. The van der Waals surface area contributed by atoms with Crippen molar-refractivity contribution in [1.29, 1.82) is 0 Å². The summed E-state index contributed by atoms with van der Waals surface area (Å²) in [6, 6.07) is 28.7. The van der Waals surface area contributed by atoms with Crippen LogP contribution in [0.25, 0.3) is 0 Å². The van der Waals surface area contributed by atoms with E-state index in [0.717, 1.165) is 15.4 Å². The Morgan fingerprint density at radius 3 is 2.20 bits per heavy atom. The highest BCUT2D eigenvalue weighted by molar-refractivity contribution is 7.92. The minimum absolute atomic E-state index is 0.0128. The fourth-order valence-corrected chi connectivity index (χ4v) is 6.64. The molecular weight excluding hydrogens is 622 g/mol. The van der Waals surface area contributed by atoms with Crippen molar-refractivity contribution in [2.45, 2.75) is 51.1 Å². The standard InChI is InChI=1S/C36H40ClN3O5S/c1-4-23-38-36(42)33(24-28-13-7-6-8-14-28)39(25-29-15-9-10-16-31(29)37)35(41)26-40(32-17-11-12-18-34(32)45-5-2)46(43,44)30-21-19-27(3)20-22-30/h6-22,33H,4-5,23-26H2,1-3H3,(H,38,42)/t33-/m1/s1. The Morgan fingerprint density at radius 1 is 0.870 bits per heavy atom. The summed E-state index contributed by atoms with van der Waals surface area (Å²) in [4.78, 5) is 29.8. The molecule has 0 aliphatic carbocycles. The lowest BCUT2D eigenvalue weighted by Crippen LogP contribution is -2.53. The first kappa shape index (κ1) is 34.5. The number of carbonyl (C=O) groups excluding carboxylic acids is 2. The van der Waals surface area contributed by atoms with Crippen LogP contribution in [0.2, 0.25) is 5.02 Å². The van der Waals surface area contributed by atoms with E-state index in [1.807, 2.05) is 44.2 Å². The monoisotopic (exact) mass is 661 g/mol.